The average molecular weight is 380 g/mol. The van der Waals surface area contributed by atoms with Gasteiger partial charge in [-0.2, -0.15) is 0 Å². The molecule has 27 heavy (non-hydrogen) atoms. The van der Waals surface area contributed by atoms with Gasteiger partial charge >= 0.3 is 6.09 Å². The number of carbonyl (C=O) groups excluding carboxylic acids is 1. The molecule has 7 nitrogen and oxygen atoms in total. The van der Waals surface area contributed by atoms with Crippen LogP contribution in [0.2, 0.25) is 0 Å². The zero-order valence-corrected chi connectivity index (χ0v) is 16.9. The van der Waals surface area contributed by atoms with Crippen LogP contribution in [0, 0.1) is 5.92 Å². The Balaban J connectivity index is 3.28. The lowest BCUT2D eigenvalue weighted by Crippen LogP contribution is -2.54. The Morgan fingerprint density at radius 2 is 1.70 bits per heavy atom. The van der Waals surface area contributed by atoms with E-state index in [2.05, 4.69) is 5.43 Å². The van der Waals surface area contributed by atoms with E-state index in [1.807, 2.05) is 19.9 Å². The van der Waals surface area contributed by atoms with Gasteiger partial charge in [-0.15, -0.1) is 0 Å². The van der Waals surface area contributed by atoms with Crippen LogP contribution in [-0.4, -0.2) is 47.5 Å². The molecule has 0 aliphatic heterocycles. The topological polar surface area (TPSA) is 88.1 Å². The first-order valence-electron chi connectivity index (χ1n) is 9.39. The summed E-state index contributed by atoms with van der Waals surface area (Å²) in [5.74, 6) is -1.62. The van der Waals surface area contributed by atoms with Gasteiger partial charge in [-0.05, 0) is 38.7 Å². The minimum Gasteiger partial charge on any atom is -0.464 e. The summed E-state index contributed by atoms with van der Waals surface area (Å²) in [5.41, 5.74) is 3.44. The fourth-order valence-electron chi connectivity index (χ4n) is 2.78. The number of hydrazine groups is 1. The van der Waals surface area contributed by atoms with Crippen molar-refractivity contribution in [3.63, 3.8) is 0 Å². The Morgan fingerprint density at radius 3 is 2.15 bits per heavy atom. The summed E-state index contributed by atoms with van der Waals surface area (Å²) in [5, 5.41) is 10.7. The predicted octanol–water partition coefficient (Wildman–Crippen LogP) is 3.62. The molecule has 0 saturated carbocycles. The van der Waals surface area contributed by atoms with Crippen molar-refractivity contribution >= 4 is 11.9 Å². The fraction of sp³-hybridized carbons (Fsp3) is 0.600. The number of hydrogen-bond acceptors (Lipinski definition) is 5. The van der Waals surface area contributed by atoms with Crippen molar-refractivity contribution in [3.05, 3.63) is 35.9 Å². The van der Waals surface area contributed by atoms with Gasteiger partial charge in [0.15, 0.2) is 0 Å². The third-order valence-electron chi connectivity index (χ3n) is 4.12. The van der Waals surface area contributed by atoms with E-state index in [-0.39, 0.29) is 13.2 Å². The fourth-order valence-corrected chi connectivity index (χ4v) is 2.78. The number of nitrogens with zero attached hydrogens (tertiary/aromatic N) is 1. The van der Waals surface area contributed by atoms with E-state index in [0.717, 1.165) is 11.4 Å². The van der Waals surface area contributed by atoms with Crippen LogP contribution in [0.3, 0.4) is 0 Å². The molecule has 1 atom stereocenters. The minimum atomic E-state index is -1.54. The summed E-state index contributed by atoms with van der Waals surface area (Å²) in [6, 6.07) is 7.69. The molecule has 1 aromatic carbocycles. The molecular weight excluding hydrogens is 348 g/mol. The maximum atomic E-state index is 13.4. The highest BCUT2D eigenvalue weighted by Crippen LogP contribution is 2.29. The monoisotopic (exact) mass is 380 g/mol. The number of Topliss-reactive ketones (excluding diaryl/α,β-unsaturated/α-hetero) is 1. The summed E-state index contributed by atoms with van der Waals surface area (Å²) in [4.78, 5) is 25.4. The van der Waals surface area contributed by atoms with Crippen LogP contribution in [0.25, 0.3) is 0 Å². The number of carbonyl (C=O) groups is 2. The van der Waals surface area contributed by atoms with Gasteiger partial charge in [0.05, 0.1) is 0 Å². The Kier molecular flexibility index (Phi) is 9.41. The highest BCUT2D eigenvalue weighted by molar-refractivity contribution is 5.93. The number of rotatable bonds is 12. The number of benzene rings is 1. The van der Waals surface area contributed by atoms with Crippen LogP contribution in [-0.2, 0) is 14.3 Å². The van der Waals surface area contributed by atoms with E-state index in [4.69, 9.17) is 9.47 Å². The van der Waals surface area contributed by atoms with Crippen molar-refractivity contribution in [2.75, 3.05) is 19.8 Å². The molecule has 1 amide bonds. The summed E-state index contributed by atoms with van der Waals surface area (Å²) >= 11 is 0. The summed E-state index contributed by atoms with van der Waals surface area (Å²) < 4.78 is 11.2. The van der Waals surface area contributed by atoms with Crippen LogP contribution < -0.4 is 5.43 Å². The normalized spacial score (nSPS) is 12.8. The zero-order valence-electron chi connectivity index (χ0n) is 16.9. The standard InChI is InChI=1S/C20H32N2O5/c1-6-26-20(5,27-7-2)18(23)17(16-11-9-8-10-12-16)22(19(24)25)21-14-13-15(3)4/h8-12,15,17,21H,6-7,13-14H2,1-5H3,(H,24,25). The average Bonchev–Trinajstić information content (AvgIpc) is 2.61. The second kappa shape index (κ2) is 11.0. The smallest absolute Gasteiger partial charge is 0.422 e. The molecule has 0 heterocycles. The van der Waals surface area contributed by atoms with Gasteiger partial charge in [-0.25, -0.2) is 15.2 Å². The molecule has 0 fully saturated rings. The van der Waals surface area contributed by atoms with Crippen LogP contribution in [0.15, 0.2) is 30.3 Å². The number of carboxylic acid groups (broad SMARTS) is 1. The Labute approximate surface area is 161 Å². The predicted molar refractivity (Wildman–Crippen MR) is 103 cm³/mol. The Morgan fingerprint density at radius 1 is 1.15 bits per heavy atom. The number of ether oxygens (including phenoxy) is 2. The first kappa shape index (κ1) is 23.1. The summed E-state index contributed by atoms with van der Waals surface area (Å²) in [6.07, 6.45) is -0.468. The maximum Gasteiger partial charge on any atom is 0.422 e. The van der Waals surface area contributed by atoms with Gasteiger partial charge in [0.2, 0.25) is 11.6 Å². The summed E-state index contributed by atoms with van der Waals surface area (Å²) in [6.45, 7) is 10.1. The van der Waals surface area contributed by atoms with Gasteiger partial charge in [-0.1, -0.05) is 44.2 Å². The number of nitrogens with one attached hydrogen (secondary N) is 1. The van der Waals surface area contributed by atoms with Crippen molar-refractivity contribution < 1.29 is 24.2 Å². The molecule has 1 rings (SSSR count). The summed E-state index contributed by atoms with van der Waals surface area (Å²) in [7, 11) is 0. The van der Waals surface area contributed by atoms with E-state index in [1.54, 1.807) is 38.1 Å². The third-order valence-corrected chi connectivity index (χ3v) is 4.12. The second-order valence-corrected chi connectivity index (χ2v) is 6.73. The third kappa shape index (κ3) is 6.61. The lowest BCUT2D eigenvalue weighted by Gasteiger charge is -2.36. The molecule has 152 valence electrons. The lowest BCUT2D eigenvalue weighted by atomic mass is 9.97. The molecule has 1 unspecified atom stereocenters. The highest BCUT2D eigenvalue weighted by atomic mass is 16.7. The van der Waals surface area contributed by atoms with Gasteiger partial charge in [0.25, 0.3) is 0 Å². The van der Waals surface area contributed by atoms with E-state index in [1.165, 1.54) is 6.92 Å². The van der Waals surface area contributed by atoms with Crippen LogP contribution in [0.4, 0.5) is 4.79 Å². The lowest BCUT2D eigenvalue weighted by molar-refractivity contribution is -0.221. The molecule has 0 aliphatic rings. The number of hydrogen-bond donors (Lipinski definition) is 2. The first-order valence-corrected chi connectivity index (χ1v) is 9.39. The highest BCUT2D eigenvalue weighted by Gasteiger charge is 2.44. The molecule has 0 aliphatic carbocycles. The van der Waals surface area contributed by atoms with Gasteiger partial charge in [0, 0.05) is 19.8 Å². The van der Waals surface area contributed by atoms with Crippen LogP contribution in [0.1, 0.15) is 52.6 Å². The molecule has 2 N–H and O–H groups in total. The molecule has 0 saturated heterocycles. The molecule has 0 aromatic heterocycles. The zero-order chi connectivity index (χ0) is 20.4. The SMILES string of the molecule is CCOC(C)(OCC)C(=O)C(c1ccccc1)N(NCCC(C)C)C(=O)O. The van der Waals surface area contributed by atoms with Gasteiger partial charge in [-0.3, -0.25) is 4.79 Å². The van der Waals surface area contributed by atoms with Crippen LogP contribution >= 0.6 is 0 Å². The number of amides is 1. The second-order valence-electron chi connectivity index (χ2n) is 6.73. The van der Waals surface area contributed by atoms with E-state index in [0.29, 0.717) is 18.0 Å². The van der Waals surface area contributed by atoms with E-state index in [9.17, 15) is 14.7 Å². The maximum absolute atomic E-state index is 13.4. The first-order chi connectivity index (χ1) is 12.8. The minimum absolute atomic E-state index is 0.262. The Hall–Kier alpha value is -1.96. The Bertz CT molecular complexity index is 585. The number of ketones is 1. The van der Waals surface area contributed by atoms with E-state index < -0.39 is 23.7 Å². The molecule has 1 aromatic rings. The quantitative estimate of drug-likeness (QED) is 0.425. The van der Waals surface area contributed by atoms with Crippen molar-refractivity contribution in [2.24, 2.45) is 5.92 Å². The van der Waals surface area contributed by atoms with Gasteiger partial charge < -0.3 is 14.6 Å². The molecule has 7 heteroatoms. The van der Waals surface area contributed by atoms with Crippen molar-refractivity contribution in [1.29, 1.82) is 0 Å². The van der Waals surface area contributed by atoms with Crippen molar-refractivity contribution in [2.45, 2.75) is 52.9 Å². The van der Waals surface area contributed by atoms with Crippen molar-refractivity contribution in [1.82, 2.24) is 10.4 Å². The molecule has 0 spiro atoms. The molecule has 0 bridgehead atoms. The van der Waals surface area contributed by atoms with Crippen LogP contribution in [0.5, 0.6) is 0 Å². The van der Waals surface area contributed by atoms with Gasteiger partial charge in [0.1, 0.15) is 6.04 Å². The van der Waals surface area contributed by atoms with Crippen molar-refractivity contribution in [3.8, 4) is 0 Å². The molecule has 0 radical (unpaired) electrons. The largest absolute Gasteiger partial charge is 0.464 e. The van der Waals surface area contributed by atoms with E-state index >= 15 is 0 Å². The molecular formula is C20H32N2O5.